The van der Waals surface area contributed by atoms with E-state index in [2.05, 4.69) is 60.2 Å². The van der Waals surface area contributed by atoms with Crippen molar-refractivity contribution in [2.24, 2.45) is 0 Å². The van der Waals surface area contributed by atoms with Crippen LogP contribution in [-0.2, 0) is 11.3 Å². The summed E-state index contributed by atoms with van der Waals surface area (Å²) in [7, 11) is 5.93. The first-order valence-electron chi connectivity index (χ1n) is 8.91. The molecule has 27 heavy (non-hydrogen) atoms. The summed E-state index contributed by atoms with van der Waals surface area (Å²) in [4.78, 5) is 4.94. The quantitative estimate of drug-likeness (QED) is 0.500. The molecule has 0 N–H and O–H groups in total. The molecule has 0 spiro atoms. The van der Waals surface area contributed by atoms with Gasteiger partial charge in [-0.1, -0.05) is 24.3 Å². The first-order valence-corrected chi connectivity index (χ1v) is 10.1. The molecule has 1 aliphatic rings. The Balaban J connectivity index is 1.83. The van der Waals surface area contributed by atoms with E-state index in [1.165, 1.54) is 22.5 Å². The average Bonchev–Trinajstić information content (AvgIpc) is 3.08. The molecule has 0 saturated heterocycles. The fourth-order valence-electron chi connectivity index (χ4n) is 3.80. The first kappa shape index (κ1) is 18.2. The molecule has 0 aromatic heterocycles. The number of benzene rings is 3. The largest absolute Gasteiger partial charge is 0.452 e. The van der Waals surface area contributed by atoms with E-state index in [9.17, 15) is 4.39 Å². The lowest BCUT2D eigenvalue weighted by Crippen LogP contribution is -2.46. The van der Waals surface area contributed by atoms with E-state index < -0.39 is 0 Å². The third-order valence-corrected chi connectivity index (χ3v) is 5.90. The van der Waals surface area contributed by atoms with Gasteiger partial charge in [-0.25, -0.2) is 4.39 Å². The molecule has 1 heterocycles. The van der Waals surface area contributed by atoms with Gasteiger partial charge in [0.05, 0.1) is 6.61 Å². The molecule has 0 aliphatic carbocycles. The van der Waals surface area contributed by atoms with Crippen LogP contribution in [0, 0.1) is 5.82 Å². The Morgan fingerprint density at radius 3 is 2.41 bits per heavy atom. The minimum Gasteiger partial charge on any atom is -0.409 e. The number of anilines is 2. The van der Waals surface area contributed by atoms with Crippen molar-refractivity contribution < 1.29 is 9.04 Å². The van der Waals surface area contributed by atoms with Gasteiger partial charge in [-0.15, -0.1) is 11.8 Å². The fraction of sp³-hybridized carbons (Fsp3) is 0.238. The predicted molar refractivity (Wildman–Crippen MR) is 115 cm³/mol. The molecule has 3 nitrogen and oxygen atoms in total. The highest BCUT2D eigenvalue weighted by atomic mass is 32.2. The van der Waals surface area contributed by atoms with Crippen LogP contribution in [-0.4, -0.2) is 34.4 Å². The summed E-state index contributed by atoms with van der Waals surface area (Å²) in [6.07, 6.45) is 1.90. The summed E-state index contributed by atoms with van der Waals surface area (Å²) in [6.45, 7) is 0.432. The van der Waals surface area contributed by atoms with Crippen LogP contribution in [0.15, 0.2) is 53.4 Å². The number of hydrogen-bond donors (Lipinski definition) is 0. The first-order chi connectivity index (χ1) is 13.0. The molecule has 0 amide bonds. The van der Waals surface area contributed by atoms with Gasteiger partial charge >= 0.3 is 7.05 Å². The van der Waals surface area contributed by atoms with Crippen molar-refractivity contribution in [1.29, 1.82) is 0 Å². The molecule has 0 radical (unpaired) electrons. The average molecular weight is 380 g/mol. The molecule has 0 unspecified atom stereocenters. The van der Waals surface area contributed by atoms with Crippen molar-refractivity contribution in [3.8, 4) is 0 Å². The van der Waals surface area contributed by atoms with Crippen molar-refractivity contribution in [3.63, 3.8) is 0 Å². The van der Waals surface area contributed by atoms with Crippen molar-refractivity contribution >= 4 is 46.4 Å². The second kappa shape index (κ2) is 7.10. The van der Waals surface area contributed by atoms with E-state index in [1.807, 2.05) is 19.4 Å². The van der Waals surface area contributed by atoms with Crippen LogP contribution < -0.4 is 15.2 Å². The highest BCUT2D eigenvalue weighted by Crippen LogP contribution is 2.35. The second-order valence-electron chi connectivity index (χ2n) is 7.01. The van der Waals surface area contributed by atoms with Gasteiger partial charge < -0.3 is 14.4 Å². The molecule has 3 aromatic rings. The summed E-state index contributed by atoms with van der Waals surface area (Å²) in [5, 5.41) is 2.38. The van der Waals surface area contributed by atoms with Crippen LogP contribution in [0.1, 0.15) is 5.56 Å². The van der Waals surface area contributed by atoms with Gasteiger partial charge in [-0.05, 0) is 54.0 Å². The zero-order valence-electron chi connectivity index (χ0n) is 16.0. The molecule has 0 bridgehead atoms. The van der Waals surface area contributed by atoms with E-state index in [4.69, 9.17) is 4.65 Å². The van der Waals surface area contributed by atoms with Crippen molar-refractivity contribution in [2.75, 3.05) is 37.1 Å². The lowest BCUT2D eigenvalue weighted by Gasteiger charge is -2.27. The lowest BCUT2D eigenvalue weighted by atomic mass is 9.71. The van der Waals surface area contributed by atoms with E-state index in [0.717, 1.165) is 22.4 Å². The normalized spacial score (nSPS) is 13.1. The van der Waals surface area contributed by atoms with E-state index in [-0.39, 0.29) is 12.9 Å². The number of hydrogen-bond acceptors (Lipinski definition) is 4. The van der Waals surface area contributed by atoms with Crippen LogP contribution in [0.4, 0.5) is 15.8 Å². The molecule has 3 aromatic carbocycles. The van der Waals surface area contributed by atoms with Crippen LogP contribution >= 0.6 is 11.8 Å². The topological polar surface area (TPSA) is 15.7 Å². The molecule has 1 aliphatic heterocycles. The minimum atomic E-state index is -0.229. The van der Waals surface area contributed by atoms with Gasteiger partial charge in [0.2, 0.25) is 0 Å². The van der Waals surface area contributed by atoms with Crippen molar-refractivity contribution in [1.82, 2.24) is 0 Å². The Morgan fingerprint density at radius 2 is 1.74 bits per heavy atom. The fourth-order valence-corrected chi connectivity index (χ4v) is 4.29. The molecule has 138 valence electrons. The molecule has 0 atom stereocenters. The van der Waals surface area contributed by atoms with Crippen molar-refractivity contribution in [2.45, 2.75) is 11.5 Å². The maximum Gasteiger partial charge on any atom is 0.452 e. The Morgan fingerprint density at radius 1 is 1.04 bits per heavy atom. The molecule has 4 rings (SSSR count). The minimum absolute atomic E-state index is 0.173. The number of nitrogens with zero attached hydrogens (tertiary/aromatic N) is 2. The van der Waals surface area contributed by atoms with Crippen LogP contribution in [0.25, 0.3) is 10.8 Å². The standard InChI is InChI=1S/C21H22BFN2OS/c1-24(2)18-9-5-7-14-8-6-10-19(21(14)18)25(3)22-16-12-20(27-4)17(23)11-15(16)13-26-22/h5-12H,13H2,1-4H3. The smallest absolute Gasteiger partial charge is 0.409 e. The summed E-state index contributed by atoms with van der Waals surface area (Å²) >= 11 is 1.42. The van der Waals surface area contributed by atoms with E-state index >= 15 is 0 Å². The molecular formula is C21H22BFN2OS. The Bertz CT molecular complexity index is 1010. The zero-order valence-corrected chi connectivity index (χ0v) is 16.8. The van der Waals surface area contributed by atoms with Crippen molar-refractivity contribution in [3.05, 3.63) is 59.9 Å². The maximum atomic E-state index is 14.2. The van der Waals surface area contributed by atoms with Crippen LogP contribution in [0.3, 0.4) is 0 Å². The van der Waals surface area contributed by atoms with Gasteiger partial charge in [0, 0.05) is 35.8 Å². The summed E-state index contributed by atoms with van der Waals surface area (Å²) < 4.78 is 20.2. The van der Waals surface area contributed by atoms with E-state index in [0.29, 0.717) is 11.5 Å². The monoisotopic (exact) mass is 380 g/mol. The van der Waals surface area contributed by atoms with Crippen LogP contribution in [0.5, 0.6) is 0 Å². The SMILES string of the molecule is CSc1cc2c(cc1F)COB2N(C)c1cccc2cccc(N(C)C)c12. The van der Waals surface area contributed by atoms with E-state index in [1.54, 1.807) is 6.07 Å². The number of fused-ring (bicyclic) bond motifs is 2. The highest BCUT2D eigenvalue weighted by molar-refractivity contribution is 7.98. The van der Waals surface area contributed by atoms with Crippen LogP contribution in [0.2, 0.25) is 0 Å². The number of thioether (sulfide) groups is 1. The Labute approximate surface area is 164 Å². The zero-order chi connectivity index (χ0) is 19.1. The van der Waals surface area contributed by atoms with Gasteiger partial charge in [-0.3, -0.25) is 0 Å². The number of halogens is 1. The summed E-state index contributed by atoms with van der Waals surface area (Å²) in [6, 6.07) is 16.2. The highest BCUT2D eigenvalue weighted by Gasteiger charge is 2.35. The van der Waals surface area contributed by atoms with Gasteiger partial charge in [0.25, 0.3) is 0 Å². The molecular weight excluding hydrogens is 358 g/mol. The molecule has 0 saturated carbocycles. The maximum absolute atomic E-state index is 14.2. The molecule has 0 fully saturated rings. The summed E-state index contributed by atoms with van der Waals surface area (Å²) in [5.41, 5.74) is 4.24. The predicted octanol–water partition coefficient (Wildman–Crippen LogP) is 4.13. The molecule has 6 heteroatoms. The second-order valence-corrected chi connectivity index (χ2v) is 7.85. The third-order valence-electron chi connectivity index (χ3n) is 5.15. The Hall–Kier alpha value is -2.18. The summed E-state index contributed by atoms with van der Waals surface area (Å²) in [5.74, 6) is -0.173. The third kappa shape index (κ3) is 3.07. The lowest BCUT2D eigenvalue weighted by molar-refractivity contribution is 0.329. The number of rotatable bonds is 4. The van der Waals surface area contributed by atoms with Gasteiger partial charge in [0.1, 0.15) is 5.82 Å². The van der Waals surface area contributed by atoms with Gasteiger partial charge in [-0.2, -0.15) is 0 Å². The Kier molecular flexibility index (Phi) is 4.78. The van der Waals surface area contributed by atoms with Gasteiger partial charge in [0.15, 0.2) is 0 Å².